The Morgan fingerprint density at radius 2 is 1.93 bits per heavy atom. The lowest BCUT2D eigenvalue weighted by Crippen LogP contribution is -2.25. The van der Waals surface area contributed by atoms with Gasteiger partial charge in [0.05, 0.1) is 5.57 Å². The summed E-state index contributed by atoms with van der Waals surface area (Å²) in [5, 5.41) is 2.87. The van der Waals surface area contributed by atoms with Gasteiger partial charge in [-0.05, 0) is 12.2 Å². The molecule has 72 valence electrons. The number of hydrogen-bond acceptors (Lipinski definition) is 2. The van der Waals surface area contributed by atoms with Gasteiger partial charge in [-0.1, -0.05) is 24.3 Å². The average molecular weight is 205 g/mol. The summed E-state index contributed by atoms with van der Waals surface area (Å²) in [6, 6.07) is 0. The Labute approximate surface area is 87.5 Å². The lowest BCUT2D eigenvalue weighted by molar-refractivity contribution is -0.117. The van der Waals surface area contributed by atoms with Crippen molar-refractivity contribution in [1.82, 2.24) is 5.32 Å². The molecule has 2 aliphatic rings. The van der Waals surface area contributed by atoms with Gasteiger partial charge in [0.25, 0.3) is 5.91 Å². The van der Waals surface area contributed by atoms with Gasteiger partial charge >= 0.3 is 0 Å². The molecule has 0 saturated heterocycles. The Morgan fingerprint density at radius 3 is 2.79 bits per heavy atom. The first-order valence-corrected chi connectivity index (χ1v) is 5.53. The molecule has 2 rings (SSSR count). The fourth-order valence-electron chi connectivity index (χ4n) is 1.33. The van der Waals surface area contributed by atoms with Crippen LogP contribution in [0.1, 0.15) is 0 Å². The van der Waals surface area contributed by atoms with Crippen LogP contribution in [0.5, 0.6) is 0 Å². The Bertz CT molecular complexity index is 363. The molecular weight excluding hydrogens is 194 g/mol. The lowest BCUT2D eigenvalue weighted by Gasteiger charge is -2.03. The van der Waals surface area contributed by atoms with E-state index in [9.17, 15) is 4.79 Å². The Balaban J connectivity index is 2.40. The molecular formula is C11H11NOS. The summed E-state index contributed by atoms with van der Waals surface area (Å²) < 4.78 is 0. The second kappa shape index (κ2) is 4.33. The van der Waals surface area contributed by atoms with Crippen LogP contribution in [0.4, 0.5) is 0 Å². The van der Waals surface area contributed by atoms with E-state index in [4.69, 9.17) is 0 Å². The largest absolute Gasteiger partial charge is 0.351 e. The molecule has 0 unspecified atom stereocenters. The molecule has 3 heteroatoms. The number of carbonyl (C=O) groups is 1. The normalized spacial score (nSPS) is 27.9. The summed E-state index contributed by atoms with van der Waals surface area (Å²) in [6.07, 6.45) is 11.6. The number of thioether (sulfide) groups is 1. The third-order valence-corrected chi connectivity index (χ3v) is 3.07. The van der Waals surface area contributed by atoms with Gasteiger partial charge in [-0.25, -0.2) is 0 Å². The summed E-state index contributed by atoms with van der Waals surface area (Å²) in [6.45, 7) is 0.742. The van der Waals surface area contributed by atoms with Gasteiger partial charge in [0.15, 0.2) is 0 Å². The molecule has 14 heavy (non-hydrogen) atoms. The molecule has 0 bridgehead atoms. The lowest BCUT2D eigenvalue weighted by atomic mass is 10.1. The summed E-state index contributed by atoms with van der Waals surface area (Å²) >= 11 is 1.72. The fourth-order valence-corrected chi connectivity index (χ4v) is 2.24. The molecule has 0 atom stereocenters. The number of hydrogen-bond donors (Lipinski definition) is 1. The molecule has 0 aromatic rings. The highest BCUT2D eigenvalue weighted by Gasteiger charge is 2.14. The fraction of sp³-hybridized carbons (Fsp3) is 0.182. The first-order valence-electron chi connectivity index (χ1n) is 4.54. The third-order valence-electron chi connectivity index (χ3n) is 2.00. The van der Waals surface area contributed by atoms with Crippen LogP contribution in [0.2, 0.25) is 0 Å². The number of nitrogens with one attached hydrogen (secondary N) is 1. The van der Waals surface area contributed by atoms with Crippen LogP contribution in [0.3, 0.4) is 0 Å². The molecule has 0 aromatic heterocycles. The first-order chi connectivity index (χ1) is 6.88. The Kier molecular flexibility index (Phi) is 2.89. The van der Waals surface area contributed by atoms with Crippen LogP contribution < -0.4 is 5.32 Å². The molecule has 2 nitrogen and oxygen atoms in total. The highest BCUT2D eigenvalue weighted by molar-refractivity contribution is 8.03. The van der Waals surface area contributed by atoms with E-state index in [-0.39, 0.29) is 5.91 Å². The van der Waals surface area contributed by atoms with Gasteiger partial charge in [0.2, 0.25) is 0 Å². The van der Waals surface area contributed by atoms with Crippen LogP contribution in [-0.2, 0) is 4.79 Å². The van der Waals surface area contributed by atoms with Crippen molar-refractivity contribution >= 4 is 17.7 Å². The molecule has 1 heterocycles. The van der Waals surface area contributed by atoms with E-state index in [2.05, 4.69) is 5.32 Å². The molecule has 1 aliphatic carbocycles. The number of rotatable bonds is 0. The second-order valence-corrected chi connectivity index (χ2v) is 4.12. The predicted molar refractivity (Wildman–Crippen MR) is 59.9 cm³/mol. The molecule has 0 spiro atoms. The second-order valence-electron chi connectivity index (χ2n) is 2.99. The topological polar surface area (TPSA) is 29.1 Å². The van der Waals surface area contributed by atoms with Crippen molar-refractivity contribution in [1.29, 1.82) is 0 Å². The molecule has 0 aromatic carbocycles. The molecule has 1 amide bonds. The SMILES string of the molecule is O=C1NCCSC2=C1\C=C/C=C\C=C/2. The summed E-state index contributed by atoms with van der Waals surface area (Å²) in [7, 11) is 0. The van der Waals surface area contributed by atoms with E-state index >= 15 is 0 Å². The minimum absolute atomic E-state index is 0.0289. The van der Waals surface area contributed by atoms with Gasteiger partial charge in [0.1, 0.15) is 0 Å². The van der Waals surface area contributed by atoms with Crippen LogP contribution in [0, 0.1) is 0 Å². The van der Waals surface area contributed by atoms with Crippen LogP contribution in [-0.4, -0.2) is 18.2 Å². The van der Waals surface area contributed by atoms with Crippen molar-refractivity contribution in [2.75, 3.05) is 12.3 Å². The van der Waals surface area contributed by atoms with Crippen LogP contribution in [0.15, 0.2) is 46.9 Å². The quantitative estimate of drug-likeness (QED) is 0.653. The molecule has 0 fully saturated rings. The van der Waals surface area contributed by atoms with Crippen molar-refractivity contribution in [2.45, 2.75) is 0 Å². The van der Waals surface area contributed by atoms with Gasteiger partial charge in [-0.15, -0.1) is 11.8 Å². The Hall–Kier alpha value is -1.22. The predicted octanol–water partition coefficient (Wildman–Crippen LogP) is 1.79. The van der Waals surface area contributed by atoms with Crippen molar-refractivity contribution in [3.63, 3.8) is 0 Å². The van der Waals surface area contributed by atoms with E-state index < -0.39 is 0 Å². The Morgan fingerprint density at radius 1 is 1.14 bits per heavy atom. The van der Waals surface area contributed by atoms with Crippen LogP contribution in [0.25, 0.3) is 0 Å². The van der Waals surface area contributed by atoms with Crippen molar-refractivity contribution < 1.29 is 4.79 Å². The molecule has 0 radical (unpaired) electrons. The zero-order chi connectivity index (χ0) is 9.80. The highest BCUT2D eigenvalue weighted by atomic mass is 32.2. The van der Waals surface area contributed by atoms with Crippen LogP contribution >= 0.6 is 11.8 Å². The maximum atomic E-state index is 11.6. The highest BCUT2D eigenvalue weighted by Crippen LogP contribution is 2.25. The van der Waals surface area contributed by atoms with E-state index in [1.165, 1.54) is 0 Å². The van der Waals surface area contributed by atoms with E-state index in [1.807, 2.05) is 36.5 Å². The van der Waals surface area contributed by atoms with E-state index in [0.717, 1.165) is 22.8 Å². The number of allylic oxidation sites excluding steroid dienone is 5. The van der Waals surface area contributed by atoms with Gasteiger partial charge < -0.3 is 5.32 Å². The standard InChI is InChI=1S/C11H11NOS/c13-11-9-5-3-1-2-4-6-10(9)14-8-7-12-11/h1-6H,7-8H2,(H,12,13)/b2-1-,3-1?,4-2?,5-3-,6-4-,9-5?,10-6?. The van der Waals surface area contributed by atoms with Gasteiger partial charge in [-0.3, -0.25) is 4.79 Å². The molecule has 1 aliphatic heterocycles. The third kappa shape index (κ3) is 1.99. The monoisotopic (exact) mass is 205 g/mol. The number of carbonyl (C=O) groups excluding carboxylic acids is 1. The van der Waals surface area contributed by atoms with E-state index in [0.29, 0.717) is 0 Å². The minimum Gasteiger partial charge on any atom is -0.351 e. The van der Waals surface area contributed by atoms with Crippen molar-refractivity contribution in [3.05, 3.63) is 46.9 Å². The number of amides is 1. The average Bonchev–Trinajstić information content (AvgIpc) is 2.28. The smallest absolute Gasteiger partial charge is 0.252 e. The van der Waals surface area contributed by atoms with Crippen molar-refractivity contribution in [2.24, 2.45) is 0 Å². The first kappa shape index (κ1) is 9.34. The van der Waals surface area contributed by atoms with Gasteiger partial charge in [-0.2, -0.15) is 0 Å². The zero-order valence-corrected chi connectivity index (χ0v) is 8.51. The summed E-state index contributed by atoms with van der Waals surface area (Å²) in [4.78, 5) is 12.7. The van der Waals surface area contributed by atoms with Gasteiger partial charge in [0, 0.05) is 17.2 Å². The maximum absolute atomic E-state index is 11.6. The summed E-state index contributed by atoms with van der Waals surface area (Å²) in [5.74, 6) is 0.966. The maximum Gasteiger partial charge on any atom is 0.252 e. The molecule has 1 N–H and O–H groups in total. The summed E-state index contributed by atoms with van der Waals surface area (Å²) in [5.41, 5.74) is 0.771. The molecule has 0 saturated carbocycles. The zero-order valence-electron chi connectivity index (χ0n) is 7.69. The van der Waals surface area contributed by atoms with Crippen molar-refractivity contribution in [3.8, 4) is 0 Å². The minimum atomic E-state index is 0.0289. The van der Waals surface area contributed by atoms with E-state index in [1.54, 1.807) is 11.8 Å².